The van der Waals surface area contributed by atoms with Gasteiger partial charge in [0.05, 0.1) is 16.5 Å². The highest BCUT2D eigenvalue weighted by Gasteiger charge is 2.53. The molecule has 2 aliphatic heterocycles. The van der Waals surface area contributed by atoms with Crippen LogP contribution in [0.1, 0.15) is 0 Å². The Balaban J connectivity index is 1.48. The number of H-pyrrole nitrogens is 1. The number of rotatable bonds is 7. The van der Waals surface area contributed by atoms with E-state index in [9.17, 15) is 24.3 Å². The Hall–Kier alpha value is -3.54. The number of nitrogens with one attached hydrogen (secondary N) is 2. The van der Waals surface area contributed by atoms with E-state index in [-0.39, 0.29) is 23.9 Å². The van der Waals surface area contributed by atoms with Gasteiger partial charge in [-0.25, -0.2) is 9.78 Å². The third-order valence-electron chi connectivity index (χ3n) is 5.76. The number of aromatic amines is 1. The van der Waals surface area contributed by atoms with Crippen molar-refractivity contribution in [2.75, 3.05) is 12.4 Å². The molecular weight excluding hydrogens is 531 g/mol. The van der Waals surface area contributed by atoms with E-state index in [1.54, 1.807) is 30.3 Å². The Labute approximate surface area is 217 Å². The van der Waals surface area contributed by atoms with Crippen molar-refractivity contribution in [3.8, 4) is 17.1 Å². The first-order valence-electron chi connectivity index (χ1n) is 10.5. The summed E-state index contributed by atoms with van der Waals surface area (Å²) in [6, 6.07) is 8.74. The summed E-state index contributed by atoms with van der Waals surface area (Å²) in [5.41, 5.74) is 0.633. The van der Waals surface area contributed by atoms with Gasteiger partial charge < -0.3 is 20.1 Å². The lowest BCUT2D eigenvalue weighted by atomic mass is 10.0. The molecule has 0 saturated carbocycles. The molecule has 10 nitrogen and oxygen atoms in total. The van der Waals surface area contributed by atoms with Gasteiger partial charge in [-0.3, -0.25) is 19.3 Å². The number of aliphatic carboxylic acids is 1. The Morgan fingerprint density at radius 2 is 2.00 bits per heavy atom. The third kappa shape index (κ3) is 4.19. The van der Waals surface area contributed by atoms with Crippen molar-refractivity contribution in [3.63, 3.8) is 0 Å². The molecule has 1 saturated heterocycles. The molecule has 0 spiro atoms. The zero-order valence-electron chi connectivity index (χ0n) is 18.2. The van der Waals surface area contributed by atoms with E-state index < -0.39 is 28.9 Å². The van der Waals surface area contributed by atoms with Crippen LogP contribution in [0.4, 0.5) is 0 Å². The second-order valence-electron chi connectivity index (χ2n) is 7.93. The van der Waals surface area contributed by atoms with Crippen molar-refractivity contribution in [2.45, 2.75) is 11.4 Å². The molecule has 2 aromatic carbocycles. The van der Waals surface area contributed by atoms with Gasteiger partial charge in [-0.2, -0.15) is 0 Å². The Morgan fingerprint density at radius 1 is 1.25 bits per heavy atom. The number of carbonyl (C=O) groups excluding carboxylic acids is 2. The number of nitrogens with zero attached hydrogens (tertiary/aromatic N) is 2. The van der Waals surface area contributed by atoms with Crippen LogP contribution < -0.4 is 15.6 Å². The lowest BCUT2D eigenvalue weighted by Crippen LogP contribution is -2.69. The Morgan fingerprint density at radius 3 is 2.75 bits per heavy atom. The van der Waals surface area contributed by atoms with Crippen molar-refractivity contribution in [1.82, 2.24) is 20.2 Å². The molecule has 3 N–H and O–H groups in total. The van der Waals surface area contributed by atoms with Crippen molar-refractivity contribution in [1.29, 1.82) is 0 Å². The van der Waals surface area contributed by atoms with Gasteiger partial charge in [0.25, 0.3) is 11.5 Å². The lowest BCUT2D eigenvalue weighted by molar-refractivity contribution is -0.149. The molecule has 184 valence electrons. The van der Waals surface area contributed by atoms with E-state index in [1.807, 2.05) is 0 Å². The fraction of sp³-hybridized carbons (Fsp3) is 0.174. The van der Waals surface area contributed by atoms with Gasteiger partial charge in [-0.1, -0.05) is 23.2 Å². The van der Waals surface area contributed by atoms with Gasteiger partial charge >= 0.3 is 5.97 Å². The number of thioether (sulfide) groups is 1. The minimum Gasteiger partial charge on any atom is -0.488 e. The van der Waals surface area contributed by atoms with Crippen LogP contribution in [0.3, 0.4) is 0 Å². The summed E-state index contributed by atoms with van der Waals surface area (Å²) in [6.45, 7) is -0.140. The fourth-order valence-electron chi connectivity index (χ4n) is 4.10. The lowest BCUT2D eigenvalue weighted by Gasteiger charge is -2.49. The van der Waals surface area contributed by atoms with Crippen molar-refractivity contribution in [2.24, 2.45) is 0 Å². The summed E-state index contributed by atoms with van der Waals surface area (Å²) in [5, 5.41) is 12.8. The van der Waals surface area contributed by atoms with E-state index in [0.29, 0.717) is 44.2 Å². The van der Waals surface area contributed by atoms with Gasteiger partial charge in [0.2, 0.25) is 6.41 Å². The van der Waals surface area contributed by atoms with E-state index in [2.05, 4.69) is 15.3 Å². The standard InChI is InChI=1S/C23H16Cl2N4O6S/c24-11-1-3-15-13(5-11)20(31)28-19(27-15)14-6-12(25)2-4-16(14)35-7-10-8-36-22-17(26-9-30)21(32)29(22)18(10)23(33)34/h1-6,9,17,22H,7-8H2,(H,26,30)(H,33,34)(H,27,28,31). The van der Waals surface area contributed by atoms with E-state index >= 15 is 0 Å². The second kappa shape index (κ2) is 9.49. The number of carbonyl (C=O) groups is 3. The number of fused-ring (bicyclic) bond motifs is 2. The van der Waals surface area contributed by atoms with Gasteiger partial charge in [-0.15, -0.1) is 11.8 Å². The van der Waals surface area contributed by atoms with Crippen LogP contribution in [0, 0.1) is 0 Å². The monoisotopic (exact) mass is 546 g/mol. The molecule has 0 bridgehead atoms. The van der Waals surface area contributed by atoms with Crippen LogP contribution in [-0.2, 0) is 14.4 Å². The third-order valence-corrected chi connectivity index (χ3v) is 7.57. The van der Waals surface area contributed by atoms with Crippen LogP contribution in [0.15, 0.2) is 52.5 Å². The minimum absolute atomic E-state index is 0.140. The van der Waals surface area contributed by atoms with Gasteiger partial charge in [0.1, 0.15) is 35.3 Å². The molecule has 1 aromatic heterocycles. The predicted molar refractivity (Wildman–Crippen MR) is 134 cm³/mol. The first kappa shape index (κ1) is 24.2. The maximum absolute atomic E-state index is 12.7. The normalized spacial score (nSPS) is 19.1. The predicted octanol–water partition coefficient (Wildman–Crippen LogP) is 2.64. The second-order valence-corrected chi connectivity index (χ2v) is 9.91. The maximum Gasteiger partial charge on any atom is 0.352 e. The van der Waals surface area contributed by atoms with Crippen LogP contribution in [0.2, 0.25) is 10.0 Å². The topological polar surface area (TPSA) is 142 Å². The van der Waals surface area contributed by atoms with Crippen molar-refractivity contribution < 1.29 is 24.2 Å². The number of hydrogen-bond acceptors (Lipinski definition) is 7. The number of ether oxygens (including phenoxy) is 1. The molecule has 2 aliphatic rings. The molecule has 0 aliphatic carbocycles. The summed E-state index contributed by atoms with van der Waals surface area (Å²) in [5.74, 6) is -0.983. The van der Waals surface area contributed by atoms with Crippen LogP contribution >= 0.6 is 35.0 Å². The van der Waals surface area contributed by atoms with E-state index in [1.165, 1.54) is 17.8 Å². The molecule has 36 heavy (non-hydrogen) atoms. The van der Waals surface area contributed by atoms with Crippen molar-refractivity contribution >= 4 is 64.2 Å². The first-order valence-corrected chi connectivity index (χ1v) is 12.3. The van der Waals surface area contributed by atoms with Crippen LogP contribution in [0.25, 0.3) is 22.3 Å². The Kier molecular flexibility index (Phi) is 6.37. The molecule has 3 aromatic rings. The molecule has 5 rings (SSSR count). The molecule has 3 heterocycles. The quantitative estimate of drug-likeness (QED) is 0.303. The maximum atomic E-state index is 12.7. The Bertz CT molecular complexity index is 1520. The molecule has 2 unspecified atom stereocenters. The minimum atomic E-state index is -1.27. The molecule has 1 fully saturated rings. The number of amides is 2. The number of carboxylic acids is 1. The summed E-state index contributed by atoms with van der Waals surface area (Å²) >= 11 is 13.5. The smallest absolute Gasteiger partial charge is 0.352 e. The number of hydrogen-bond donors (Lipinski definition) is 3. The highest BCUT2D eigenvalue weighted by molar-refractivity contribution is 8.00. The fourth-order valence-corrected chi connectivity index (χ4v) is 5.79. The van der Waals surface area contributed by atoms with Crippen LogP contribution in [0.5, 0.6) is 5.75 Å². The van der Waals surface area contributed by atoms with Crippen LogP contribution in [-0.4, -0.2) is 62.0 Å². The summed E-state index contributed by atoms with van der Waals surface area (Å²) in [4.78, 5) is 56.2. The average molecular weight is 547 g/mol. The average Bonchev–Trinajstić information content (AvgIpc) is 2.86. The van der Waals surface area contributed by atoms with Crippen molar-refractivity contribution in [3.05, 3.63) is 68.1 Å². The summed E-state index contributed by atoms with van der Waals surface area (Å²) in [6.07, 6.45) is 0.422. The first-order chi connectivity index (χ1) is 17.3. The number of aromatic nitrogens is 2. The number of β-lactam (4-membered cyclic amide) rings is 1. The zero-order chi connectivity index (χ0) is 25.6. The van der Waals surface area contributed by atoms with E-state index in [0.717, 1.165) is 4.90 Å². The molecule has 13 heteroatoms. The molecule has 2 atom stereocenters. The van der Waals surface area contributed by atoms with Gasteiger partial charge in [-0.05, 0) is 36.4 Å². The zero-order valence-corrected chi connectivity index (χ0v) is 20.5. The summed E-state index contributed by atoms with van der Waals surface area (Å²) in [7, 11) is 0. The molecular formula is C23H16Cl2N4O6S. The number of benzene rings is 2. The number of carboxylic acid groups (broad SMARTS) is 1. The largest absolute Gasteiger partial charge is 0.488 e. The van der Waals surface area contributed by atoms with Gasteiger partial charge in [0, 0.05) is 21.4 Å². The molecule has 2 amide bonds. The highest BCUT2D eigenvalue weighted by Crippen LogP contribution is 2.40. The summed E-state index contributed by atoms with van der Waals surface area (Å²) < 4.78 is 5.97. The highest BCUT2D eigenvalue weighted by atomic mass is 35.5. The SMILES string of the molecule is O=CNC1C(=O)N2C(C(=O)O)=C(COc3ccc(Cl)cc3-c3nc4ccc(Cl)cc4c(=O)[nH]3)CSC12. The molecule has 0 radical (unpaired) electrons. The van der Waals surface area contributed by atoms with Gasteiger partial charge in [0.15, 0.2) is 0 Å². The van der Waals surface area contributed by atoms with E-state index in [4.69, 9.17) is 27.9 Å². The number of halogens is 2.